The first-order valence-electron chi connectivity index (χ1n) is 3.25. The van der Waals surface area contributed by atoms with Crippen LogP contribution in [0.3, 0.4) is 0 Å². The van der Waals surface area contributed by atoms with E-state index < -0.39 is 0 Å². The summed E-state index contributed by atoms with van der Waals surface area (Å²) < 4.78 is 1.07. The summed E-state index contributed by atoms with van der Waals surface area (Å²) in [7, 11) is 1.75. The Hall–Kier alpha value is -0.750. The summed E-state index contributed by atoms with van der Waals surface area (Å²) >= 11 is 4.96. The van der Waals surface area contributed by atoms with Gasteiger partial charge in [-0.3, -0.25) is 0 Å². The first kappa shape index (κ1) is 7.88. The van der Waals surface area contributed by atoms with Crippen LogP contribution < -0.4 is 0 Å². The summed E-state index contributed by atoms with van der Waals surface area (Å²) in [5.41, 5.74) is 0. The molecule has 0 radical (unpaired) electrons. The van der Waals surface area contributed by atoms with Crippen LogP contribution in [0, 0.1) is 0 Å². The van der Waals surface area contributed by atoms with Gasteiger partial charge in [0.2, 0.25) is 5.82 Å². The van der Waals surface area contributed by atoms with Crippen LogP contribution in [0.25, 0.3) is 10.7 Å². The molecule has 2 aromatic rings. The van der Waals surface area contributed by atoms with E-state index in [0.717, 1.165) is 8.66 Å². The minimum absolute atomic E-state index is 0.674. The van der Waals surface area contributed by atoms with Crippen molar-refractivity contribution in [1.82, 2.24) is 20.2 Å². The third-order valence-corrected chi connectivity index (χ3v) is 2.92. The Labute approximate surface area is 81.3 Å². The van der Waals surface area contributed by atoms with E-state index in [1.807, 2.05) is 12.1 Å². The van der Waals surface area contributed by atoms with Gasteiger partial charge in [0.05, 0.1) is 15.7 Å². The zero-order valence-corrected chi connectivity index (χ0v) is 8.63. The molecule has 0 saturated carbocycles. The zero-order valence-electron chi connectivity index (χ0n) is 6.23. The van der Waals surface area contributed by atoms with Crippen molar-refractivity contribution in [2.75, 3.05) is 0 Å². The molecule has 0 aliphatic carbocycles. The quantitative estimate of drug-likeness (QED) is 0.768. The number of thiophene rings is 1. The van der Waals surface area contributed by atoms with Gasteiger partial charge in [-0.2, -0.15) is 4.80 Å². The molecule has 62 valence electrons. The molecule has 0 saturated heterocycles. The van der Waals surface area contributed by atoms with Crippen LogP contribution in [-0.2, 0) is 7.05 Å². The van der Waals surface area contributed by atoms with E-state index in [2.05, 4.69) is 31.3 Å². The minimum Gasteiger partial charge on any atom is -0.167 e. The molecule has 6 heteroatoms. The van der Waals surface area contributed by atoms with Crippen molar-refractivity contribution in [2.45, 2.75) is 0 Å². The molecule has 0 fully saturated rings. The van der Waals surface area contributed by atoms with Crippen LogP contribution in [0.5, 0.6) is 0 Å². The van der Waals surface area contributed by atoms with E-state index in [0.29, 0.717) is 5.82 Å². The molecule has 4 nitrogen and oxygen atoms in total. The van der Waals surface area contributed by atoms with Crippen LogP contribution in [0.4, 0.5) is 0 Å². The Morgan fingerprint density at radius 1 is 1.50 bits per heavy atom. The molecule has 0 aliphatic rings. The molecule has 0 spiro atoms. The lowest BCUT2D eigenvalue weighted by molar-refractivity contribution is 0.630. The van der Waals surface area contributed by atoms with Crippen molar-refractivity contribution in [3.63, 3.8) is 0 Å². The summed E-state index contributed by atoms with van der Waals surface area (Å²) in [6.07, 6.45) is 0. The van der Waals surface area contributed by atoms with Gasteiger partial charge in [0.15, 0.2) is 0 Å². The van der Waals surface area contributed by atoms with E-state index in [1.54, 1.807) is 18.4 Å². The van der Waals surface area contributed by atoms with Crippen molar-refractivity contribution in [1.29, 1.82) is 0 Å². The van der Waals surface area contributed by atoms with E-state index >= 15 is 0 Å². The number of nitrogens with zero attached hydrogens (tertiary/aromatic N) is 4. The molecular formula is C6H5BrN4S. The van der Waals surface area contributed by atoms with Crippen molar-refractivity contribution in [2.24, 2.45) is 7.05 Å². The van der Waals surface area contributed by atoms with Gasteiger partial charge in [-0.15, -0.1) is 21.5 Å². The van der Waals surface area contributed by atoms with Gasteiger partial charge in [-0.25, -0.2) is 0 Å². The predicted molar refractivity (Wildman–Crippen MR) is 49.8 cm³/mol. The topological polar surface area (TPSA) is 43.6 Å². The van der Waals surface area contributed by atoms with Crippen molar-refractivity contribution >= 4 is 27.3 Å². The molecule has 0 bridgehead atoms. The van der Waals surface area contributed by atoms with E-state index in [1.165, 1.54) is 4.80 Å². The largest absolute Gasteiger partial charge is 0.214 e. The minimum atomic E-state index is 0.674. The molecule has 2 heterocycles. The Kier molecular flexibility index (Phi) is 1.93. The van der Waals surface area contributed by atoms with Gasteiger partial charge in [0, 0.05) is 0 Å². The third-order valence-electron chi connectivity index (χ3n) is 1.30. The molecule has 12 heavy (non-hydrogen) atoms. The number of hydrogen-bond donors (Lipinski definition) is 0. The van der Waals surface area contributed by atoms with Crippen LogP contribution in [0.2, 0.25) is 0 Å². The van der Waals surface area contributed by atoms with Crippen LogP contribution in [0.1, 0.15) is 0 Å². The fourth-order valence-electron chi connectivity index (χ4n) is 0.817. The zero-order chi connectivity index (χ0) is 8.55. The van der Waals surface area contributed by atoms with Crippen molar-refractivity contribution < 1.29 is 0 Å². The fraction of sp³-hybridized carbons (Fsp3) is 0.167. The summed E-state index contributed by atoms with van der Waals surface area (Å²) in [5, 5.41) is 11.7. The monoisotopic (exact) mass is 244 g/mol. The summed E-state index contributed by atoms with van der Waals surface area (Å²) in [6, 6.07) is 3.93. The smallest absolute Gasteiger partial charge is 0.167 e. The predicted octanol–water partition coefficient (Wildman–Crippen LogP) is 1.70. The first-order chi connectivity index (χ1) is 5.75. The molecule has 0 unspecified atom stereocenters. The van der Waals surface area contributed by atoms with Gasteiger partial charge in [-0.1, -0.05) is 0 Å². The molecule has 2 aromatic heterocycles. The lowest BCUT2D eigenvalue weighted by Gasteiger charge is -1.82. The fourth-order valence-corrected chi connectivity index (χ4v) is 2.13. The number of tetrazole rings is 1. The van der Waals surface area contributed by atoms with Gasteiger partial charge in [0.1, 0.15) is 0 Å². The van der Waals surface area contributed by atoms with Crippen LogP contribution in [-0.4, -0.2) is 20.2 Å². The second-order valence-corrected chi connectivity index (χ2v) is 4.67. The molecular weight excluding hydrogens is 240 g/mol. The standard InChI is InChI=1S/C6H5BrN4S/c1-11-9-6(8-10-11)4-2-3-5(7)12-4/h2-3H,1H3. The highest BCUT2D eigenvalue weighted by Gasteiger charge is 2.05. The molecule has 0 aliphatic heterocycles. The average molecular weight is 245 g/mol. The van der Waals surface area contributed by atoms with Gasteiger partial charge in [-0.05, 0) is 33.3 Å². The van der Waals surface area contributed by atoms with E-state index in [-0.39, 0.29) is 0 Å². The van der Waals surface area contributed by atoms with Crippen LogP contribution in [0.15, 0.2) is 15.9 Å². The maximum Gasteiger partial charge on any atom is 0.214 e. The Morgan fingerprint density at radius 2 is 2.33 bits per heavy atom. The third kappa shape index (κ3) is 1.39. The molecule has 0 aromatic carbocycles. The van der Waals surface area contributed by atoms with Gasteiger partial charge >= 0.3 is 0 Å². The van der Waals surface area contributed by atoms with E-state index in [4.69, 9.17) is 0 Å². The highest BCUT2D eigenvalue weighted by atomic mass is 79.9. The Balaban J connectivity index is 2.43. The Morgan fingerprint density at radius 3 is 2.83 bits per heavy atom. The van der Waals surface area contributed by atoms with Crippen molar-refractivity contribution in [3.05, 3.63) is 15.9 Å². The highest BCUT2D eigenvalue weighted by molar-refractivity contribution is 9.11. The summed E-state index contributed by atoms with van der Waals surface area (Å²) in [5.74, 6) is 0.674. The second-order valence-electron chi connectivity index (χ2n) is 2.21. The number of aromatic nitrogens is 4. The molecule has 0 amide bonds. The highest BCUT2D eigenvalue weighted by Crippen LogP contribution is 2.28. The lowest BCUT2D eigenvalue weighted by Crippen LogP contribution is -1.91. The van der Waals surface area contributed by atoms with Crippen molar-refractivity contribution in [3.8, 4) is 10.7 Å². The number of hydrogen-bond acceptors (Lipinski definition) is 4. The number of halogens is 1. The maximum atomic E-state index is 4.08. The Bertz CT molecular complexity index is 355. The number of rotatable bonds is 1. The summed E-state index contributed by atoms with van der Waals surface area (Å²) in [4.78, 5) is 2.47. The van der Waals surface area contributed by atoms with E-state index in [9.17, 15) is 0 Å². The lowest BCUT2D eigenvalue weighted by atomic mass is 10.5. The normalized spacial score (nSPS) is 10.5. The summed E-state index contributed by atoms with van der Waals surface area (Å²) in [6.45, 7) is 0. The van der Waals surface area contributed by atoms with Gasteiger partial charge < -0.3 is 0 Å². The molecule has 2 rings (SSSR count). The molecule has 0 N–H and O–H groups in total. The molecule has 0 atom stereocenters. The van der Waals surface area contributed by atoms with Gasteiger partial charge in [0.25, 0.3) is 0 Å². The first-order valence-corrected chi connectivity index (χ1v) is 4.86. The maximum absolute atomic E-state index is 4.08. The average Bonchev–Trinajstić information content (AvgIpc) is 2.58. The second kappa shape index (κ2) is 2.95. The SMILES string of the molecule is Cn1nnc(-c2ccc(Br)s2)n1. The number of aryl methyl sites for hydroxylation is 1. The van der Waals surface area contributed by atoms with Crippen LogP contribution >= 0.6 is 27.3 Å².